The summed E-state index contributed by atoms with van der Waals surface area (Å²) in [7, 11) is 0. The zero-order valence-corrected chi connectivity index (χ0v) is 10.8. The van der Waals surface area contributed by atoms with Crippen LogP contribution in [0, 0.1) is 20.8 Å². The van der Waals surface area contributed by atoms with Gasteiger partial charge in [0.2, 0.25) is 0 Å². The van der Waals surface area contributed by atoms with Gasteiger partial charge in [0.1, 0.15) is 0 Å². The topological polar surface area (TPSA) is 54.9 Å². The molecule has 84 valence electrons. The number of carbonyl (C=O) groups is 1. The van der Waals surface area contributed by atoms with Crippen molar-refractivity contribution in [3.8, 4) is 0 Å². The Morgan fingerprint density at radius 2 is 2.00 bits per heavy atom. The van der Waals surface area contributed by atoms with E-state index in [2.05, 4.69) is 14.1 Å². The lowest BCUT2D eigenvalue weighted by Gasteiger charge is -2.03. The van der Waals surface area contributed by atoms with E-state index in [1.807, 2.05) is 20.8 Å². The molecule has 0 unspecified atom stereocenters. The average molecular weight is 253 g/mol. The molecule has 0 radical (unpaired) electrons. The van der Waals surface area contributed by atoms with Crippen molar-refractivity contribution < 1.29 is 4.79 Å². The zero-order chi connectivity index (χ0) is 11.7. The van der Waals surface area contributed by atoms with Gasteiger partial charge >= 0.3 is 0 Å². The van der Waals surface area contributed by atoms with Crippen molar-refractivity contribution >= 4 is 34.7 Å². The predicted octanol–water partition coefficient (Wildman–Crippen LogP) is 2.78. The standard InChI is InChI=1S/C10H11N3OS2/c1-5-8(4-15-12-5)10(14)11-9-6(2)13-16-7(9)3/h4H,1-3H3,(H,11,14). The highest BCUT2D eigenvalue weighted by Gasteiger charge is 2.15. The Balaban J connectivity index is 2.24. The Hall–Kier alpha value is -1.27. The fraction of sp³-hybridized carbons (Fsp3) is 0.300. The van der Waals surface area contributed by atoms with Crippen LogP contribution in [0.1, 0.15) is 26.6 Å². The van der Waals surface area contributed by atoms with Crippen LogP contribution in [0.2, 0.25) is 0 Å². The van der Waals surface area contributed by atoms with E-state index in [1.54, 1.807) is 5.38 Å². The summed E-state index contributed by atoms with van der Waals surface area (Å²) in [6, 6.07) is 0. The summed E-state index contributed by atoms with van der Waals surface area (Å²) in [5, 5.41) is 4.64. The van der Waals surface area contributed by atoms with Crippen LogP contribution in [0.5, 0.6) is 0 Å². The van der Waals surface area contributed by atoms with Crippen LogP contribution in [0.4, 0.5) is 5.69 Å². The van der Waals surface area contributed by atoms with Crippen molar-refractivity contribution in [3.63, 3.8) is 0 Å². The molecule has 16 heavy (non-hydrogen) atoms. The van der Waals surface area contributed by atoms with E-state index in [4.69, 9.17) is 0 Å². The van der Waals surface area contributed by atoms with E-state index in [1.165, 1.54) is 23.1 Å². The molecule has 0 atom stereocenters. The number of nitrogens with one attached hydrogen (secondary N) is 1. The number of aryl methyl sites for hydroxylation is 3. The third-order valence-corrected chi connectivity index (χ3v) is 3.83. The van der Waals surface area contributed by atoms with Gasteiger partial charge in [-0.15, -0.1) is 0 Å². The molecule has 0 saturated heterocycles. The molecular formula is C10H11N3OS2. The molecule has 0 aliphatic carbocycles. The van der Waals surface area contributed by atoms with Gasteiger partial charge in [-0.1, -0.05) is 0 Å². The minimum Gasteiger partial charge on any atom is -0.319 e. The van der Waals surface area contributed by atoms with Gasteiger partial charge in [-0.25, -0.2) is 0 Å². The second kappa shape index (κ2) is 4.31. The summed E-state index contributed by atoms with van der Waals surface area (Å²) < 4.78 is 8.27. The molecule has 0 fully saturated rings. The largest absolute Gasteiger partial charge is 0.319 e. The molecule has 1 amide bonds. The van der Waals surface area contributed by atoms with Crippen LogP contribution >= 0.6 is 23.1 Å². The van der Waals surface area contributed by atoms with Gasteiger partial charge < -0.3 is 5.32 Å². The van der Waals surface area contributed by atoms with Crippen molar-refractivity contribution in [1.82, 2.24) is 8.75 Å². The fourth-order valence-corrected chi connectivity index (χ4v) is 2.70. The Bertz CT molecular complexity index is 510. The molecule has 0 spiro atoms. The maximum absolute atomic E-state index is 11.9. The Morgan fingerprint density at radius 1 is 1.25 bits per heavy atom. The predicted molar refractivity (Wildman–Crippen MR) is 66.4 cm³/mol. The molecule has 0 aromatic carbocycles. The molecule has 0 aliphatic rings. The molecule has 6 heteroatoms. The Labute approximate surface area is 102 Å². The van der Waals surface area contributed by atoms with Gasteiger partial charge in [0.25, 0.3) is 5.91 Å². The van der Waals surface area contributed by atoms with Crippen LogP contribution in [0.15, 0.2) is 5.38 Å². The summed E-state index contributed by atoms with van der Waals surface area (Å²) >= 11 is 2.69. The number of aromatic nitrogens is 2. The highest BCUT2D eigenvalue weighted by Crippen LogP contribution is 2.24. The minimum absolute atomic E-state index is 0.113. The van der Waals surface area contributed by atoms with E-state index in [9.17, 15) is 4.79 Å². The van der Waals surface area contributed by atoms with Crippen molar-refractivity contribution in [2.24, 2.45) is 0 Å². The van der Waals surface area contributed by atoms with Crippen molar-refractivity contribution in [1.29, 1.82) is 0 Å². The first-order valence-corrected chi connectivity index (χ1v) is 6.35. The number of rotatable bonds is 2. The van der Waals surface area contributed by atoms with Crippen LogP contribution in [0.25, 0.3) is 0 Å². The molecule has 2 rings (SSSR count). The summed E-state index contributed by atoms with van der Waals surface area (Å²) in [5.74, 6) is -0.113. The second-order valence-corrected chi connectivity index (χ2v) is 5.07. The van der Waals surface area contributed by atoms with E-state index in [0.717, 1.165) is 22.0 Å². The van der Waals surface area contributed by atoms with Gasteiger partial charge in [-0.05, 0) is 43.8 Å². The van der Waals surface area contributed by atoms with Crippen LogP contribution in [-0.4, -0.2) is 14.7 Å². The second-order valence-electron chi connectivity index (χ2n) is 3.47. The third kappa shape index (κ3) is 1.98. The third-order valence-electron chi connectivity index (χ3n) is 2.27. The molecule has 0 aliphatic heterocycles. The fourth-order valence-electron chi connectivity index (χ4n) is 1.35. The SMILES string of the molecule is Cc1nscc1C(=O)Nc1c(C)nsc1C. The van der Waals surface area contributed by atoms with Crippen molar-refractivity contribution in [2.45, 2.75) is 20.8 Å². The average Bonchev–Trinajstić information content (AvgIpc) is 2.79. The highest BCUT2D eigenvalue weighted by molar-refractivity contribution is 7.06. The lowest BCUT2D eigenvalue weighted by molar-refractivity contribution is 0.102. The molecule has 1 N–H and O–H groups in total. The first kappa shape index (κ1) is 11.2. The number of hydrogen-bond acceptors (Lipinski definition) is 5. The van der Waals surface area contributed by atoms with Gasteiger partial charge in [0.15, 0.2) is 0 Å². The Morgan fingerprint density at radius 3 is 2.50 bits per heavy atom. The zero-order valence-electron chi connectivity index (χ0n) is 9.20. The van der Waals surface area contributed by atoms with Crippen molar-refractivity contribution in [2.75, 3.05) is 5.32 Å². The molecule has 2 aromatic rings. The Kier molecular flexibility index (Phi) is 3.02. The number of amides is 1. The van der Waals surface area contributed by atoms with Crippen molar-refractivity contribution in [3.05, 3.63) is 27.2 Å². The first-order chi connectivity index (χ1) is 7.59. The summed E-state index contributed by atoms with van der Waals surface area (Å²) in [6.07, 6.45) is 0. The lowest BCUT2D eigenvalue weighted by atomic mass is 10.2. The number of nitrogens with zero attached hydrogens (tertiary/aromatic N) is 2. The number of hydrogen-bond donors (Lipinski definition) is 1. The van der Waals surface area contributed by atoms with E-state index in [-0.39, 0.29) is 5.91 Å². The van der Waals surface area contributed by atoms with Crippen LogP contribution in [-0.2, 0) is 0 Å². The number of anilines is 1. The molecule has 0 saturated carbocycles. The highest BCUT2D eigenvalue weighted by atomic mass is 32.1. The minimum atomic E-state index is -0.113. The van der Waals surface area contributed by atoms with Crippen LogP contribution < -0.4 is 5.32 Å². The van der Waals surface area contributed by atoms with E-state index < -0.39 is 0 Å². The van der Waals surface area contributed by atoms with E-state index >= 15 is 0 Å². The molecule has 0 bridgehead atoms. The van der Waals surface area contributed by atoms with Crippen LogP contribution in [0.3, 0.4) is 0 Å². The molecule has 4 nitrogen and oxygen atoms in total. The lowest BCUT2D eigenvalue weighted by Crippen LogP contribution is -2.13. The number of carbonyl (C=O) groups excluding carboxylic acids is 1. The van der Waals surface area contributed by atoms with E-state index in [0.29, 0.717) is 5.56 Å². The monoisotopic (exact) mass is 253 g/mol. The summed E-state index contributed by atoms with van der Waals surface area (Å²) in [5.41, 5.74) is 3.08. The molecular weight excluding hydrogens is 242 g/mol. The smallest absolute Gasteiger partial charge is 0.258 e. The van der Waals surface area contributed by atoms with Gasteiger partial charge in [-0.2, -0.15) is 8.75 Å². The first-order valence-electron chi connectivity index (χ1n) is 4.74. The molecule has 2 heterocycles. The molecule has 2 aromatic heterocycles. The van der Waals surface area contributed by atoms with Gasteiger partial charge in [0.05, 0.1) is 22.6 Å². The quantitative estimate of drug-likeness (QED) is 0.895. The normalized spacial score (nSPS) is 10.4. The maximum atomic E-state index is 11.9. The van der Waals surface area contributed by atoms with Gasteiger partial charge in [0, 0.05) is 10.3 Å². The maximum Gasteiger partial charge on any atom is 0.258 e. The van der Waals surface area contributed by atoms with Gasteiger partial charge in [-0.3, -0.25) is 4.79 Å². The summed E-state index contributed by atoms with van der Waals surface area (Å²) in [4.78, 5) is 13.0. The summed E-state index contributed by atoms with van der Waals surface area (Å²) in [6.45, 7) is 5.66.